The minimum Gasteiger partial charge on any atom is -0.376 e. The molecule has 0 spiro atoms. The molecule has 3 rings (SSSR count). The molecule has 1 aliphatic carbocycles. The second kappa shape index (κ2) is 3.67. The summed E-state index contributed by atoms with van der Waals surface area (Å²) in [5.41, 5.74) is 4.01. The van der Waals surface area contributed by atoms with Gasteiger partial charge in [-0.3, -0.25) is 4.68 Å². The highest BCUT2D eigenvalue weighted by Crippen LogP contribution is 2.33. The molecule has 1 atom stereocenters. The van der Waals surface area contributed by atoms with Crippen LogP contribution in [0.4, 0.5) is 5.69 Å². The fourth-order valence-electron chi connectivity index (χ4n) is 2.40. The summed E-state index contributed by atoms with van der Waals surface area (Å²) < 4.78 is 1.82. The molecule has 0 bridgehead atoms. The van der Waals surface area contributed by atoms with E-state index in [-0.39, 0.29) is 0 Å². The first kappa shape index (κ1) is 9.46. The van der Waals surface area contributed by atoms with E-state index in [1.807, 2.05) is 24.1 Å². The van der Waals surface area contributed by atoms with E-state index in [9.17, 15) is 0 Å². The lowest BCUT2D eigenvalue weighted by Crippen LogP contribution is -2.06. The Kier molecular flexibility index (Phi) is 2.17. The molecule has 0 aliphatic heterocycles. The third-order valence-electron chi connectivity index (χ3n) is 3.18. The Hall–Kier alpha value is -1.77. The van der Waals surface area contributed by atoms with Crippen LogP contribution in [0.3, 0.4) is 0 Å². The van der Waals surface area contributed by atoms with Gasteiger partial charge in [0.05, 0.1) is 17.9 Å². The Bertz CT molecular complexity index is 501. The molecule has 1 aromatic carbocycles. The van der Waals surface area contributed by atoms with Crippen LogP contribution in [0.5, 0.6) is 0 Å². The van der Waals surface area contributed by atoms with E-state index in [0.717, 1.165) is 5.69 Å². The zero-order valence-electron chi connectivity index (χ0n) is 9.35. The predicted molar refractivity (Wildman–Crippen MR) is 64.3 cm³/mol. The van der Waals surface area contributed by atoms with Crippen LogP contribution in [0, 0.1) is 0 Å². The zero-order valence-corrected chi connectivity index (χ0v) is 9.35. The van der Waals surface area contributed by atoms with Crippen LogP contribution in [0.2, 0.25) is 0 Å². The summed E-state index contributed by atoms with van der Waals surface area (Å²) in [6, 6.07) is 9.12. The quantitative estimate of drug-likeness (QED) is 0.830. The monoisotopic (exact) mass is 213 g/mol. The van der Waals surface area contributed by atoms with E-state index in [1.54, 1.807) is 0 Å². The molecule has 1 aromatic heterocycles. The van der Waals surface area contributed by atoms with Crippen molar-refractivity contribution >= 4 is 5.69 Å². The van der Waals surface area contributed by atoms with Crippen LogP contribution in [-0.4, -0.2) is 9.78 Å². The molecule has 1 aliphatic rings. The molecule has 3 heteroatoms. The zero-order chi connectivity index (χ0) is 11.0. The van der Waals surface area contributed by atoms with Gasteiger partial charge >= 0.3 is 0 Å². The summed E-state index contributed by atoms with van der Waals surface area (Å²) in [6.07, 6.45) is 6.24. The highest BCUT2D eigenvalue weighted by Gasteiger charge is 2.21. The summed E-state index contributed by atoms with van der Waals surface area (Å²) in [7, 11) is 1.94. The fraction of sp³-hybridized carbons (Fsp3) is 0.308. The second-order valence-electron chi connectivity index (χ2n) is 4.34. The van der Waals surface area contributed by atoms with Crippen molar-refractivity contribution in [2.24, 2.45) is 7.05 Å². The molecule has 0 radical (unpaired) electrons. The topological polar surface area (TPSA) is 29.9 Å². The van der Waals surface area contributed by atoms with Crippen molar-refractivity contribution < 1.29 is 0 Å². The van der Waals surface area contributed by atoms with Crippen molar-refractivity contribution in [3.63, 3.8) is 0 Å². The minimum atomic E-state index is 0.445. The van der Waals surface area contributed by atoms with Gasteiger partial charge < -0.3 is 5.32 Å². The van der Waals surface area contributed by atoms with Crippen molar-refractivity contribution in [2.75, 3.05) is 5.32 Å². The molecule has 1 unspecified atom stereocenters. The lowest BCUT2D eigenvalue weighted by molar-refractivity contribution is 0.758. The van der Waals surface area contributed by atoms with E-state index in [2.05, 4.69) is 34.7 Å². The van der Waals surface area contributed by atoms with Gasteiger partial charge in [0.1, 0.15) is 0 Å². The molecule has 1 heterocycles. The summed E-state index contributed by atoms with van der Waals surface area (Å²) in [6.45, 7) is 0. The summed E-state index contributed by atoms with van der Waals surface area (Å²) in [5, 5.41) is 7.70. The molecule has 3 nitrogen and oxygen atoms in total. The average molecular weight is 213 g/mol. The molecule has 0 amide bonds. The Morgan fingerprint density at radius 1 is 1.38 bits per heavy atom. The molecule has 2 aromatic rings. The Morgan fingerprint density at radius 3 is 3.06 bits per heavy atom. The third-order valence-corrected chi connectivity index (χ3v) is 3.18. The van der Waals surface area contributed by atoms with Crippen molar-refractivity contribution in [3.8, 4) is 0 Å². The molecule has 82 valence electrons. The highest BCUT2D eigenvalue weighted by atomic mass is 15.3. The summed E-state index contributed by atoms with van der Waals surface area (Å²) in [5.74, 6) is 0. The van der Waals surface area contributed by atoms with Gasteiger partial charge in [0.2, 0.25) is 0 Å². The molecule has 0 saturated carbocycles. The maximum atomic E-state index is 4.17. The maximum absolute atomic E-state index is 4.17. The van der Waals surface area contributed by atoms with Crippen LogP contribution >= 0.6 is 0 Å². The summed E-state index contributed by atoms with van der Waals surface area (Å²) in [4.78, 5) is 0. The fourth-order valence-corrected chi connectivity index (χ4v) is 2.40. The van der Waals surface area contributed by atoms with Crippen LogP contribution in [0.1, 0.15) is 23.6 Å². The standard InChI is InChI=1S/C13H15N3/c1-16-9-11(8-14-16)15-13-7-6-10-4-2-3-5-12(10)13/h2-5,8-9,13,15H,6-7H2,1H3. The van der Waals surface area contributed by atoms with Gasteiger partial charge in [-0.1, -0.05) is 24.3 Å². The lowest BCUT2D eigenvalue weighted by Gasteiger charge is -2.13. The first-order valence-corrected chi connectivity index (χ1v) is 5.66. The number of anilines is 1. The van der Waals surface area contributed by atoms with Gasteiger partial charge in [0, 0.05) is 13.2 Å². The normalized spacial score (nSPS) is 18.4. The van der Waals surface area contributed by atoms with Crippen LogP contribution in [-0.2, 0) is 13.5 Å². The van der Waals surface area contributed by atoms with Gasteiger partial charge in [-0.15, -0.1) is 0 Å². The average Bonchev–Trinajstić information content (AvgIpc) is 2.87. The van der Waals surface area contributed by atoms with Gasteiger partial charge in [0.15, 0.2) is 0 Å². The number of hydrogen-bond donors (Lipinski definition) is 1. The molecule has 0 fully saturated rings. The van der Waals surface area contributed by atoms with Gasteiger partial charge in [-0.05, 0) is 24.0 Å². The molecule has 1 N–H and O–H groups in total. The smallest absolute Gasteiger partial charge is 0.0731 e. The van der Waals surface area contributed by atoms with E-state index < -0.39 is 0 Å². The van der Waals surface area contributed by atoms with Crippen molar-refractivity contribution in [1.82, 2.24) is 9.78 Å². The third kappa shape index (κ3) is 1.58. The maximum Gasteiger partial charge on any atom is 0.0731 e. The largest absolute Gasteiger partial charge is 0.376 e. The second-order valence-corrected chi connectivity index (χ2v) is 4.34. The van der Waals surface area contributed by atoms with Crippen molar-refractivity contribution in [2.45, 2.75) is 18.9 Å². The van der Waals surface area contributed by atoms with E-state index in [0.29, 0.717) is 6.04 Å². The van der Waals surface area contributed by atoms with Gasteiger partial charge in [0.25, 0.3) is 0 Å². The number of hydrogen-bond acceptors (Lipinski definition) is 2. The van der Waals surface area contributed by atoms with Crippen LogP contribution in [0.25, 0.3) is 0 Å². The first-order chi connectivity index (χ1) is 7.83. The Balaban J connectivity index is 1.83. The number of aromatic nitrogens is 2. The Labute approximate surface area is 95.1 Å². The van der Waals surface area contributed by atoms with Crippen molar-refractivity contribution in [3.05, 3.63) is 47.8 Å². The SMILES string of the molecule is Cn1cc(NC2CCc3ccccc32)cn1. The molecular formula is C13H15N3. The van der Waals surface area contributed by atoms with E-state index in [4.69, 9.17) is 0 Å². The first-order valence-electron chi connectivity index (χ1n) is 5.66. The lowest BCUT2D eigenvalue weighted by atomic mass is 10.1. The number of benzene rings is 1. The summed E-state index contributed by atoms with van der Waals surface area (Å²) >= 11 is 0. The van der Waals surface area contributed by atoms with Crippen LogP contribution in [0.15, 0.2) is 36.7 Å². The molecular weight excluding hydrogens is 198 g/mol. The van der Waals surface area contributed by atoms with E-state index in [1.165, 1.54) is 24.0 Å². The number of nitrogens with one attached hydrogen (secondary N) is 1. The number of rotatable bonds is 2. The van der Waals surface area contributed by atoms with Gasteiger partial charge in [-0.25, -0.2) is 0 Å². The number of aryl methyl sites for hydroxylation is 2. The molecule has 0 saturated heterocycles. The van der Waals surface area contributed by atoms with Gasteiger partial charge in [-0.2, -0.15) is 5.10 Å². The van der Waals surface area contributed by atoms with Crippen molar-refractivity contribution in [1.29, 1.82) is 0 Å². The minimum absolute atomic E-state index is 0.445. The Morgan fingerprint density at radius 2 is 2.25 bits per heavy atom. The predicted octanol–water partition coefficient (Wildman–Crippen LogP) is 2.52. The molecule has 16 heavy (non-hydrogen) atoms. The van der Waals surface area contributed by atoms with Crippen LogP contribution < -0.4 is 5.32 Å². The number of fused-ring (bicyclic) bond motifs is 1. The highest BCUT2D eigenvalue weighted by molar-refractivity contribution is 5.45. The van der Waals surface area contributed by atoms with E-state index >= 15 is 0 Å². The number of nitrogens with zero attached hydrogens (tertiary/aromatic N) is 2.